The lowest BCUT2D eigenvalue weighted by molar-refractivity contribution is -0.139. The van der Waals surface area contributed by atoms with Gasteiger partial charge in [0.25, 0.3) is 5.91 Å². The van der Waals surface area contributed by atoms with Crippen LogP contribution in [0, 0.1) is 0 Å². The van der Waals surface area contributed by atoms with Crippen molar-refractivity contribution in [2.45, 2.75) is 37.9 Å². The average Bonchev–Trinajstić information content (AvgIpc) is 3.57. The molecule has 1 unspecified atom stereocenters. The normalized spacial score (nSPS) is 20.3. The van der Waals surface area contributed by atoms with E-state index in [1.54, 1.807) is 31.1 Å². The Hall–Kier alpha value is -2.77. The summed E-state index contributed by atoms with van der Waals surface area (Å²) in [6, 6.07) is 11.7. The molecule has 1 N–H and O–H groups in total. The molecule has 9 heteroatoms. The van der Waals surface area contributed by atoms with Gasteiger partial charge in [0.1, 0.15) is 17.8 Å². The van der Waals surface area contributed by atoms with E-state index in [4.69, 9.17) is 27.9 Å². The maximum absolute atomic E-state index is 13.2. The summed E-state index contributed by atoms with van der Waals surface area (Å²) in [5.74, 6) is -0.0731. The number of urea groups is 1. The van der Waals surface area contributed by atoms with Crippen molar-refractivity contribution >= 4 is 41.0 Å². The second-order valence-corrected chi connectivity index (χ2v) is 9.02. The molecule has 4 amide bonds. The molecule has 1 heterocycles. The first-order valence-electron chi connectivity index (χ1n) is 10.2. The van der Waals surface area contributed by atoms with Crippen LogP contribution < -0.4 is 10.1 Å². The number of halogens is 2. The third kappa shape index (κ3) is 4.27. The molecule has 1 atom stereocenters. The van der Waals surface area contributed by atoms with Crippen LogP contribution in [0.2, 0.25) is 10.0 Å². The van der Waals surface area contributed by atoms with E-state index in [-0.39, 0.29) is 23.5 Å². The van der Waals surface area contributed by atoms with Crippen LogP contribution in [0.4, 0.5) is 4.79 Å². The second kappa shape index (κ2) is 8.64. The van der Waals surface area contributed by atoms with Crippen LogP contribution >= 0.6 is 23.2 Å². The van der Waals surface area contributed by atoms with Gasteiger partial charge in [0.05, 0.1) is 7.11 Å². The van der Waals surface area contributed by atoms with Gasteiger partial charge in [0.2, 0.25) is 5.91 Å². The zero-order valence-corrected chi connectivity index (χ0v) is 19.2. The summed E-state index contributed by atoms with van der Waals surface area (Å²) in [7, 11) is 1.60. The number of hydrogen-bond donors (Lipinski definition) is 1. The Morgan fingerprint density at radius 3 is 2.47 bits per heavy atom. The van der Waals surface area contributed by atoms with E-state index in [0.717, 1.165) is 29.1 Å². The third-order valence-electron chi connectivity index (χ3n) is 5.86. The Labute approximate surface area is 196 Å². The zero-order valence-electron chi connectivity index (χ0n) is 17.7. The van der Waals surface area contributed by atoms with Crippen molar-refractivity contribution in [2.24, 2.45) is 0 Å². The number of imide groups is 1. The SMILES string of the molecule is COc1ccc(CN(C(=O)CN2C(=O)NC(C)(c3ccc(Cl)cc3Cl)C2=O)C2CC2)cc1. The van der Waals surface area contributed by atoms with Gasteiger partial charge < -0.3 is 15.0 Å². The minimum Gasteiger partial charge on any atom is -0.497 e. The molecule has 1 aliphatic carbocycles. The monoisotopic (exact) mass is 475 g/mol. The number of nitrogens with zero attached hydrogens (tertiary/aromatic N) is 2. The summed E-state index contributed by atoms with van der Waals surface area (Å²) in [6.07, 6.45) is 1.81. The van der Waals surface area contributed by atoms with Gasteiger partial charge in [-0.3, -0.25) is 14.5 Å². The quantitative estimate of drug-likeness (QED) is 0.614. The van der Waals surface area contributed by atoms with Gasteiger partial charge in [-0.1, -0.05) is 41.4 Å². The molecule has 7 nitrogen and oxygen atoms in total. The summed E-state index contributed by atoms with van der Waals surface area (Å²) in [5, 5.41) is 3.37. The Morgan fingerprint density at radius 1 is 1.19 bits per heavy atom. The van der Waals surface area contributed by atoms with Gasteiger partial charge in [-0.05, 0) is 49.6 Å². The van der Waals surface area contributed by atoms with Crippen molar-refractivity contribution < 1.29 is 19.1 Å². The largest absolute Gasteiger partial charge is 0.497 e. The minimum atomic E-state index is -1.38. The van der Waals surface area contributed by atoms with Crippen molar-refractivity contribution in [3.8, 4) is 5.75 Å². The second-order valence-electron chi connectivity index (χ2n) is 8.17. The van der Waals surface area contributed by atoms with E-state index in [2.05, 4.69) is 5.32 Å². The molecule has 2 aliphatic rings. The van der Waals surface area contributed by atoms with Crippen molar-refractivity contribution in [3.63, 3.8) is 0 Å². The number of nitrogens with one attached hydrogen (secondary N) is 1. The standard InChI is InChI=1S/C23H23Cl2N3O4/c1-23(18-10-5-15(24)11-19(18)25)21(30)28(22(31)26-23)13-20(29)27(16-6-7-16)12-14-3-8-17(32-2)9-4-14/h3-5,8-11,16H,6-7,12-13H2,1-2H3,(H,26,31). The highest BCUT2D eigenvalue weighted by Crippen LogP contribution is 2.35. The van der Waals surface area contributed by atoms with Gasteiger partial charge in [-0.2, -0.15) is 0 Å². The predicted octanol–water partition coefficient (Wildman–Crippen LogP) is 3.96. The maximum Gasteiger partial charge on any atom is 0.325 e. The molecular formula is C23H23Cl2N3O4. The first-order valence-corrected chi connectivity index (χ1v) is 11.0. The van der Waals surface area contributed by atoms with Crippen LogP contribution in [-0.4, -0.2) is 47.3 Å². The van der Waals surface area contributed by atoms with Gasteiger partial charge >= 0.3 is 6.03 Å². The lowest BCUT2D eigenvalue weighted by Crippen LogP contribution is -2.45. The molecule has 0 bridgehead atoms. The molecule has 1 saturated heterocycles. The molecular weight excluding hydrogens is 453 g/mol. The van der Waals surface area contributed by atoms with E-state index >= 15 is 0 Å². The highest BCUT2D eigenvalue weighted by Gasteiger charge is 2.51. The molecule has 2 fully saturated rings. The summed E-state index contributed by atoms with van der Waals surface area (Å²) in [6.45, 7) is 1.64. The number of methoxy groups -OCH3 is 1. The van der Waals surface area contributed by atoms with Gasteiger partial charge in [0.15, 0.2) is 0 Å². The van der Waals surface area contributed by atoms with E-state index < -0.39 is 17.5 Å². The molecule has 0 radical (unpaired) electrons. The smallest absolute Gasteiger partial charge is 0.325 e. The Balaban J connectivity index is 1.51. The van der Waals surface area contributed by atoms with Crippen molar-refractivity contribution in [3.05, 3.63) is 63.6 Å². The summed E-state index contributed by atoms with van der Waals surface area (Å²) >= 11 is 12.2. The number of carbonyl (C=O) groups excluding carboxylic acids is 3. The molecule has 1 saturated carbocycles. The minimum absolute atomic E-state index is 0.113. The Morgan fingerprint density at radius 2 is 1.88 bits per heavy atom. The predicted molar refractivity (Wildman–Crippen MR) is 121 cm³/mol. The number of rotatable bonds is 7. The van der Waals surface area contributed by atoms with E-state index in [0.29, 0.717) is 17.1 Å². The molecule has 168 valence electrons. The summed E-state index contributed by atoms with van der Waals surface area (Å²) in [4.78, 5) is 41.7. The topological polar surface area (TPSA) is 79.0 Å². The Bertz CT molecular complexity index is 1070. The molecule has 32 heavy (non-hydrogen) atoms. The van der Waals surface area contributed by atoms with Crippen molar-refractivity contribution in [1.29, 1.82) is 0 Å². The highest BCUT2D eigenvalue weighted by atomic mass is 35.5. The van der Waals surface area contributed by atoms with Crippen LogP contribution in [0.3, 0.4) is 0 Å². The number of carbonyl (C=O) groups is 3. The van der Waals surface area contributed by atoms with Crippen LogP contribution in [0.25, 0.3) is 0 Å². The van der Waals surface area contributed by atoms with Crippen LogP contribution in [0.15, 0.2) is 42.5 Å². The van der Waals surface area contributed by atoms with E-state index in [1.807, 2.05) is 24.3 Å². The molecule has 2 aromatic rings. The van der Waals surface area contributed by atoms with Gasteiger partial charge in [0, 0.05) is 28.2 Å². The molecule has 4 rings (SSSR count). The first kappa shape index (κ1) is 22.4. The number of amides is 4. The van der Waals surface area contributed by atoms with Gasteiger partial charge in [-0.15, -0.1) is 0 Å². The van der Waals surface area contributed by atoms with E-state index in [1.165, 1.54) is 6.07 Å². The fourth-order valence-corrected chi connectivity index (χ4v) is 4.48. The summed E-state index contributed by atoms with van der Waals surface area (Å²) in [5.41, 5.74) is -0.00503. The van der Waals surface area contributed by atoms with Crippen molar-refractivity contribution in [2.75, 3.05) is 13.7 Å². The number of ether oxygens (including phenoxy) is 1. The van der Waals surface area contributed by atoms with Gasteiger partial charge in [-0.25, -0.2) is 4.79 Å². The van der Waals surface area contributed by atoms with Crippen LogP contribution in [0.5, 0.6) is 5.75 Å². The average molecular weight is 476 g/mol. The Kier molecular flexibility index (Phi) is 6.05. The fourth-order valence-electron chi connectivity index (χ4n) is 3.88. The lowest BCUT2D eigenvalue weighted by Gasteiger charge is -2.26. The lowest BCUT2D eigenvalue weighted by atomic mass is 9.92. The third-order valence-corrected chi connectivity index (χ3v) is 6.41. The van der Waals surface area contributed by atoms with Crippen molar-refractivity contribution in [1.82, 2.24) is 15.1 Å². The first-order chi connectivity index (χ1) is 15.2. The summed E-state index contributed by atoms with van der Waals surface area (Å²) < 4.78 is 5.18. The fraction of sp³-hybridized carbons (Fsp3) is 0.348. The highest BCUT2D eigenvalue weighted by molar-refractivity contribution is 6.35. The molecule has 2 aromatic carbocycles. The molecule has 0 spiro atoms. The van der Waals surface area contributed by atoms with E-state index in [9.17, 15) is 14.4 Å². The number of benzene rings is 2. The zero-order chi connectivity index (χ0) is 23.0. The molecule has 0 aromatic heterocycles. The van der Waals surface area contributed by atoms with Crippen LogP contribution in [0.1, 0.15) is 30.9 Å². The maximum atomic E-state index is 13.2. The number of hydrogen-bond acceptors (Lipinski definition) is 4. The molecule has 1 aliphatic heterocycles. The van der Waals surface area contributed by atoms with Crippen LogP contribution in [-0.2, 0) is 21.7 Å².